The number of hydrogen-bond donors (Lipinski definition) is 0. The van der Waals surface area contributed by atoms with Crippen molar-refractivity contribution >= 4 is 32.6 Å². The van der Waals surface area contributed by atoms with Crippen LogP contribution in [0, 0.1) is 0 Å². The Morgan fingerprint density at radius 2 is 0.865 bits per heavy atom. The zero-order chi connectivity index (χ0) is 26.1. The van der Waals surface area contributed by atoms with Crippen molar-refractivity contribution in [1.82, 2.24) is 3.64 Å². The fourth-order valence-corrected chi connectivity index (χ4v) is 7.93. The first-order valence-electron chi connectivity index (χ1n) is 12.3. The van der Waals surface area contributed by atoms with Crippen LogP contribution in [0.5, 0.6) is 0 Å². The molecule has 194 valence electrons. The van der Waals surface area contributed by atoms with Gasteiger partial charge < -0.3 is 0 Å². The van der Waals surface area contributed by atoms with Gasteiger partial charge in [-0.15, -0.1) is 0 Å². The molecule has 0 saturated heterocycles. The van der Waals surface area contributed by atoms with Crippen molar-refractivity contribution in [3.8, 4) is 0 Å². The van der Waals surface area contributed by atoms with Gasteiger partial charge in [0.25, 0.3) is 0 Å². The Hall–Kier alpha value is -1.81. The molecule has 3 atom stereocenters. The molecule has 4 rings (SSSR count). The molecule has 2 nitrogen and oxygen atoms in total. The molecular formula is C31H33ClNOP2Ru-. The summed E-state index contributed by atoms with van der Waals surface area (Å²) in [5.74, 6) is 0. The summed E-state index contributed by atoms with van der Waals surface area (Å²) in [7, 11) is 12.9. The normalized spacial score (nSPS) is 13.2. The third-order valence-corrected chi connectivity index (χ3v) is 12.4. The van der Waals surface area contributed by atoms with E-state index < -0.39 is 14.7 Å². The summed E-state index contributed by atoms with van der Waals surface area (Å²) >= 11 is -2.57. The van der Waals surface area contributed by atoms with Gasteiger partial charge in [0, 0.05) is 0 Å². The molecule has 0 aromatic heterocycles. The summed E-state index contributed by atoms with van der Waals surface area (Å²) in [6, 6.07) is 42.2. The molecule has 0 saturated carbocycles. The van der Waals surface area contributed by atoms with Gasteiger partial charge in [0.15, 0.2) is 0 Å². The molecule has 37 heavy (non-hydrogen) atoms. The summed E-state index contributed by atoms with van der Waals surface area (Å²) in [6.45, 7) is 1.42. The maximum atomic E-state index is 11.8. The van der Waals surface area contributed by atoms with E-state index in [0.717, 1.165) is 12.8 Å². The Kier molecular flexibility index (Phi) is 10.2. The van der Waals surface area contributed by atoms with E-state index in [2.05, 4.69) is 124 Å². The van der Waals surface area contributed by atoms with Gasteiger partial charge in [0.05, 0.1) is 0 Å². The van der Waals surface area contributed by atoms with Crippen molar-refractivity contribution in [2.75, 3.05) is 13.1 Å². The molecule has 0 heterocycles. The van der Waals surface area contributed by atoms with Crippen LogP contribution in [0.1, 0.15) is 35.1 Å². The molecule has 0 radical (unpaired) electrons. The first kappa shape index (κ1) is 28.2. The van der Waals surface area contributed by atoms with Gasteiger partial charge in [0.2, 0.25) is 0 Å². The van der Waals surface area contributed by atoms with Gasteiger partial charge in [-0.25, -0.2) is 0 Å². The predicted octanol–water partition coefficient (Wildman–Crippen LogP) is 7.19. The third kappa shape index (κ3) is 6.80. The van der Waals surface area contributed by atoms with E-state index in [1.165, 1.54) is 22.3 Å². The molecule has 0 bridgehead atoms. The predicted molar refractivity (Wildman–Crippen MR) is 160 cm³/mol. The number of rotatable bonds is 11. The van der Waals surface area contributed by atoms with E-state index in [9.17, 15) is 4.79 Å². The number of carbonyl (C=O) groups excluding carboxylic acids is 1. The molecule has 6 heteroatoms. The van der Waals surface area contributed by atoms with Gasteiger partial charge in [-0.1, -0.05) is 0 Å². The van der Waals surface area contributed by atoms with Gasteiger partial charge >= 0.3 is 236 Å². The fraction of sp³-hybridized carbons (Fsp3) is 0.194. The molecule has 0 aliphatic heterocycles. The van der Waals surface area contributed by atoms with Gasteiger partial charge in [-0.3, -0.25) is 0 Å². The number of hydrogen-bond acceptors (Lipinski definition) is 2. The first-order valence-corrected chi connectivity index (χ1v) is 17.6. The Bertz CT molecular complexity index is 1140. The summed E-state index contributed by atoms with van der Waals surface area (Å²) in [6.07, 6.45) is 1.63. The summed E-state index contributed by atoms with van der Waals surface area (Å²) in [5, 5.41) is -0.567. The van der Waals surface area contributed by atoms with Crippen molar-refractivity contribution < 1.29 is 19.5 Å². The molecular weight excluding hydrogens is 601 g/mol. The van der Waals surface area contributed by atoms with Gasteiger partial charge in [0.1, 0.15) is 0 Å². The van der Waals surface area contributed by atoms with E-state index in [-0.39, 0.29) is 10.3 Å². The van der Waals surface area contributed by atoms with E-state index in [1.807, 2.05) is 24.3 Å². The van der Waals surface area contributed by atoms with E-state index in [1.54, 1.807) is 0 Å². The monoisotopic (exact) mass is 634 g/mol. The molecule has 0 spiro atoms. The number of benzene rings is 4. The van der Waals surface area contributed by atoms with Crippen molar-refractivity contribution in [2.24, 2.45) is 0 Å². The van der Waals surface area contributed by atoms with Crippen LogP contribution in [0.4, 0.5) is 0 Å². The zero-order valence-electron chi connectivity index (χ0n) is 20.6. The average Bonchev–Trinajstić information content (AvgIpc) is 2.98. The topological polar surface area (TPSA) is 20.3 Å². The summed E-state index contributed by atoms with van der Waals surface area (Å²) < 4.78 is 4.38. The van der Waals surface area contributed by atoms with Crippen LogP contribution >= 0.6 is 28.2 Å². The average molecular weight is 634 g/mol. The molecule has 0 aliphatic carbocycles. The summed E-state index contributed by atoms with van der Waals surface area (Å²) in [5.41, 5.74) is 4.91. The molecule has 4 aromatic carbocycles. The molecule has 4 aromatic rings. The fourth-order valence-electron chi connectivity index (χ4n) is 4.76. The number of halogens is 1. The van der Waals surface area contributed by atoms with Crippen molar-refractivity contribution in [3.63, 3.8) is 0 Å². The van der Waals surface area contributed by atoms with Crippen LogP contribution in [0.2, 0.25) is 0 Å². The van der Waals surface area contributed by atoms with Crippen molar-refractivity contribution in [2.45, 2.75) is 23.2 Å². The number of nitrogens with zero attached hydrogens (tertiary/aromatic N) is 1. The molecule has 0 aliphatic rings. The first-order chi connectivity index (χ1) is 18.0. The van der Waals surface area contributed by atoms with Crippen LogP contribution in [-0.2, 0) is 29.9 Å². The van der Waals surface area contributed by atoms with E-state index >= 15 is 0 Å². The SMILES string of the molecule is O=[C]=[RuH-]([Cl])[N](CCC(P)(c1ccccc1)c1ccccc1)CCC(P)(c1ccccc1)c1ccccc1. The Balaban J connectivity index is 1.61. The molecule has 0 fully saturated rings. The van der Waals surface area contributed by atoms with E-state index in [4.69, 9.17) is 9.69 Å². The second kappa shape index (κ2) is 13.3. The zero-order valence-corrected chi connectivity index (χ0v) is 25.6. The van der Waals surface area contributed by atoms with Crippen LogP contribution in [0.15, 0.2) is 121 Å². The summed E-state index contributed by atoms with van der Waals surface area (Å²) in [4.78, 5) is 11.8. The molecule has 0 amide bonds. The van der Waals surface area contributed by atoms with Crippen molar-refractivity contribution in [1.29, 1.82) is 0 Å². The third-order valence-electron chi connectivity index (χ3n) is 6.93. The van der Waals surface area contributed by atoms with Gasteiger partial charge in [-0.2, -0.15) is 0 Å². The standard InChI is InChI=1S/C30H32NP2.CO.ClH.Ru.H/c32-29(25-13-5-1-6-14-25,26-15-7-2-8-16-26)21-23-31-24-22-30(33,27-17-9-3-10-18-27)28-19-11-4-12-20-28;1-2;;;/h1-20H,21-24,32-33H2;;1H;;/q-1;;;+1;/p-1. The van der Waals surface area contributed by atoms with Crippen LogP contribution in [-0.4, -0.2) is 21.2 Å². The van der Waals surface area contributed by atoms with Crippen LogP contribution in [0.25, 0.3) is 0 Å². The quantitative estimate of drug-likeness (QED) is 0.129. The van der Waals surface area contributed by atoms with Crippen LogP contribution in [0.3, 0.4) is 0 Å². The minimum absolute atomic E-state index is 0.283. The van der Waals surface area contributed by atoms with Crippen LogP contribution < -0.4 is 0 Å². The maximum absolute atomic E-state index is 11.8. The Morgan fingerprint density at radius 1 is 0.595 bits per heavy atom. The molecule has 3 unspecified atom stereocenters. The van der Waals surface area contributed by atoms with Gasteiger partial charge in [-0.05, 0) is 0 Å². The van der Waals surface area contributed by atoms with Crippen molar-refractivity contribution in [3.05, 3.63) is 144 Å². The second-order valence-corrected chi connectivity index (χ2v) is 15.3. The Labute approximate surface area is 234 Å². The second-order valence-electron chi connectivity index (χ2n) is 9.11. The van der Waals surface area contributed by atoms with E-state index in [0.29, 0.717) is 13.1 Å². The molecule has 0 N–H and O–H groups in total. The minimum atomic E-state index is -2.57. The Morgan fingerprint density at radius 3 is 1.11 bits per heavy atom.